The number of rotatable bonds is 0. The van der Waals surface area contributed by atoms with Gasteiger partial charge in [-0.2, -0.15) is 0 Å². The van der Waals surface area contributed by atoms with E-state index in [1.165, 1.54) is 53.6 Å². The van der Waals surface area contributed by atoms with E-state index in [2.05, 4.69) is 80.6 Å². The van der Waals surface area contributed by atoms with Gasteiger partial charge in [-0.1, -0.05) is 81.3 Å². The molecule has 3 atom stereocenters. The lowest BCUT2D eigenvalue weighted by molar-refractivity contribution is 0.195. The lowest BCUT2D eigenvalue weighted by Gasteiger charge is -2.50. The van der Waals surface area contributed by atoms with E-state index in [4.69, 9.17) is 0 Å². The summed E-state index contributed by atoms with van der Waals surface area (Å²) in [6.45, 7) is 4.94. The summed E-state index contributed by atoms with van der Waals surface area (Å²) in [5, 5.41) is 5.56. The molecule has 0 aliphatic heterocycles. The number of fused-ring (bicyclic) bond motifs is 7. The summed E-state index contributed by atoms with van der Waals surface area (Å²) in [6, 6.07) is 25.8. The van der Waals surface area contributed by atoms with Crippen molar-refractivity contribution in [3.8, 4) is 0 Å². The standard InChI is InChI=1S/C31H30/c1-31(2)27-13-7-11-23-17-21-10-5-6-12-24(21)29(28(23)27)25-15-14-22-16-19-8-3-4-9-20(19)18-26(22)30(25)31/h3-4,7-9,11,13-16,18,21,24,29H,5-6,10,12,17H2,1-2H3. The van der Waals surface area contributed by atoms with Gasteiger partial charge in [-0.25, -0.2) is 0 Å². The molecule has 0 aromatic heterocycles. The molecule has 154 valence electrons. The Morgan fingerprint density at radius 1 is 0.774 bits per heavy atom. The Labute approximate surface area is 185 Å². The second kappa shape index (κ2) is 6.22. The van der Waals surface area contributed by atoms with Gasteiger partial charge in [0.05, 0.1) is 0 Å². The van der Waals surface area contributed by atoms with Crippen LogP contribution in [0, 0.1) is 11.8 Å². The van der Waals surface area contributed by atoms with Crippen LogP contribution in [0.4, 0.5) is 0 Å². The quantitative estimate of drug-likeness (QED) is 0.260. The first-order valence-corrected chi connectivity index (χ1v) is 12.2. The lowest BCUT2D eigenvalue weighted by atomic mass is 9.54. The van der Waals surface area contributed by atoms with Crippen LogP contribution < -0.4 is 0 Å². The van der Waals surface area contributed by atoms with Gasteiger partial charge < -0.3 is 0 Å². The summed E-state index contributed by atoms with van der Waals surface area (Å²) in [4.78, 5) is 0. The van der Waals surface area contributed by atoms with Crippen LogP contribution in [0.3, 0.4) is 0 Å². The van der Waals surface area contributed by atoms with Crippen molar-refractivity contribution < 1.29 is 0 Å². The zero-order valence-corrected chi connectivity index (χ0v) is 18.6. The van der Waals surface area contributed by atoms with Crippen LogP contribution in [-0.2, 0) is 11.8 Å². The Morgan fingerprint density at radius 3 is 2.45 bits per heavy atom. The van der Waals surface area contributed by atoms with Crippen LogP contribution in [0.1, 0.15) is 73.3 Å². The number of benzene rings is 4. The predicted molar refractivity (Wildman–Crippen MR) is 131 cm³/mol. The minimum atomic E-state index is 0.0284. The Kier molecular flexibility index (Phi) is 3.62. The fourth-order valence-electron chi connectivity index (χ4n) is 7.64. The molecule has 0 radical (unpaired) electrons. The third-order valence-corrected chi connectivity index (χ3v) is 8.94. The van der Waals surface area contributed by atoms with E-state index in [0.717, 1.165) is 11.8 Å². The summed E-state index contributed by atoms with van der Waals surface area (Å²) in [5.74, 6) is 2.27. The van der Waals surface area contributed by atoms with E-state index in [0.29, 0.717) is 5.92 Å². The molecule has 0 saturated heterocycles. The van der Waals surface area contributed by atoms with E-state index in [-0.39, 0.29) is 5.41 Å². The Bertz CT molecular complexity index is 1360. The average Bonchev–Trinajstić information content (AvgIpc) is 2.79. The molecule has 1 fully saturated rings. The SMILES string of the molecule is CC1(C)c2cccc3c2C(c2ccc4cc5ccccc5cc4c21)C1CCCCC1C3. The smallest absolute Gasteiger partial charge is 0.0158 e. The molecule has 7 rings (SSSR count). The van der Waals surface area contributed by atoms with Gasteiger partial charge in [-0.15, -0.1) is 0 Å². The first-order chi connectivity index (χ1) is 15.1. The molecule has 3 aliphatic rings. The van der Waals surface area contributed by atoms with Crippen LogP contribution in [-0.4, -0.2) is 0 Å². The molecule has 0 bridgehead atoms. The summed E-state index contributed by atoms with van der Waals surface area (Å²) in [5.41, 5.74) is 8.18. The summed E-state index contributed by atoms with van der Waals surface area (Å²) < 4.78 is 0. The molecular weight excluding hydrogens is 372 g/mol. The van der Waals surface area contributed by atoms with Crippen molar-refractivity contribution in [2.75, 3.05) is 0 Å². The van der Waals surface area contributed by atoms with E-state index < -0.39 is 0 Å². The Hall–Kier alpha value is -2.60. The summed E-state index contributed by atoms with van der Waals surface area (Å²) in [7, 11) is 0. The molecule has 31 heavy (non-hydrogen) atoms. The number of hydrogen-bond acceptors (Lipinski definition) is 0. The third kappa shape index (κ3) is 2.37. The van der Waals surface area contributed by atoms with Gasteiger partial charge in [0, 0.05) is 11.3 Å². The van der Waals surface area contributed by atoms with Crippen LogP contribution in [0.25, 0.3) is 21.5 Å². The normalized spacial score (nSPS) is 25.7. The van der Waals surface area contributed by atoms with E-state index in [1.54, 1.807) is 27.8 Å². The van der Waals surface area contributed by atoms with Crippen molar-refractivity contribution >= 4 is 21.5 Å². The van der Waals surface area contributed by atoms with E-state index in [9.17, 15) is 0 Å². The Morgan fingerprint density at radius 2 is 1.58 bits per heavy atom. The topological polar surface area (TPSA) is 0 Å². The summed E-state index contributed by atoms with van der Waals surface area (Å²) in [6.07, 6.45) is 6.95. The van der Waals surface area contributed by atoms with Crippen LogP contribution >= 0.6 is 0 Å². The molecule has 0 nitrogen and oxygen atoms in total. The maximum absolute atomic E-state index is 2.51. The zero-order chi connectivity index (χ0) is 20.7. The van der Waals surface area contributed by atoms with E-state index in [1.807, 2.05) is 0 Å². The molecule has 0 heteroatoms. The van der Waals surface area contributed by atoms with E-state index >= 15 is 0 Å². The predicted octanol–water partition coefficient (Wildman–Crippen LogP) is 8.13. The first kappa shape index (κ1) is 18.0. The van der Waals surface area contributed by atoms with Crippen LogP contribution in [0.5, 0.6) is 0 Å². The Balaban J connectivity index is 1.58. The highest BCUT2D eigenvalue weighted by Gasteiger charge is 2.47. The van der Waals surface area contributed by atoms with Gasteiger partial charge in [0.2, 0.25) is 0 Å². The maximum Gasteiger partial charge on any atom is 0.0158 e. The van der Waals surface area contributed by atoms with Gasteiger partial charge in [-0.05, 0) is 92.6 Å². The van der Waals surface area contributed by atoms with Crippen LogP contribution in [0.2, 0.25) is 0 Å². The first-order valence-electron chi connectivity index (χ1n) is 12.2. The average molecular weight is 403 g/mol. The molecule has 0 amide bonds. The van der Waals surface area contributed by atoms with Gasteiger partial charge >= 0.3 is 0 Å². The highest BCUT2D eigenvalue weighted by Crippen LogP contribution is 2.58. The third-order valence-electron chi connectivity index (χ3n) is 8.94. The van der Waals surface area contributed by atoms with Crippen LogP contribution in [0.15, 0.2) is 66.7 Å². The molecular formula is C31H30. The molecule has 3 aliphatic carbocycles. The van der Waals surface area contributed by atoms with Crippen molar-refractivity contribution in [1.82, 2.24) is 0 Å². The lowest BCUT2D eigenvalue weighted by Crippen LogP contribution is -2.39. The van der Waals surface area contributed by atoms with Crippen molar-refractivity contribution in [2.24, 2.45) is 11.8 Å². The second-order valence-corrected chi connectivity index (χ2v) is 10.8. The molecule has 3 unspecified atom stereocenters. The fraction of sp³-hybridized carbons (Fsp3) is 0.355. The van der Waals surface area contributed by atoms with Crippen molar-refractivity contribution in [2.45, 2.75) is 57.3 Å². The maximum atomic E-state index is 2.51. The molecule has 1 saturated carbocycles. The van der Waals surface area contributed by atoms with Crippen molar-refractivity contribution in [3.05, 3.63) is 94.5 Å². The van der Waals surface area contributed by atoms with Gasteiger partial charge in [0.15, 0.2) is 0 Å². The highest BCUT2D eigenvalue weighted by molar-refractivity contribution is 6.01. The molecule has 0 N–H and O–H groups in total. The van der Waals surface area contributed by atoms with Crippen molar-refractivity contribution in [1.29, 1.82) is 0 Å². The zero-order valence-electron chi connectivity index (χ0n) is 18.6. The molecule has 4 aromatic rings. The second-order valence-electron chi connectivity index (χ2n) is 10.8. The fourth-order valence-corrected chi connectivity index (χ4v) is 7.64. The molecule has 0 heterocycles. The number of hydrogen-bond donors (Lipinski definition) is 0. The minimum Gasteiger partial charge on any atom is -0.0617 e. The van der Waals surface area contributed by atoms with Crippen molar-refractivity contribution in [3.63, 3.8) is 0 Å². The van der Waals surface area contributed by atoms with Gasteiger partial charge in [-0.3, -0.25) is 0 Å². The highest BCUT2D eigenvalue weighted by atomic mass is 14.5. The molecule has 0 spiro atoms. The van der Waals surface area contributed by atoms with Gasteiger partial charge in [0.25, 0.3) is 0 Å². The largest absolute Gasteiger partial charge is 0.0617 e. The minimum absolute atomic E-state index is 0.0284. The molecule has 4 aromatic carbocycles. The van der Waals surface area contributed by atoms with Gasteiger partial charge in [0.1, 0.15) is 0 Å². The monoisotopic (exact) mass is 402 g/mol. The summed E-state index contributed by atoms with van der Waals surface area (Å²) >= 11 is 0.